The minimum atomic E-state index is -4.67. The second kappa shape index (κ2) is 13.8. The number of nitrogens with one attached hydrogen (secondary N) is 3. The summed E-state index contributed by atoms with van der Waals surface area (Å²) in [6.07, 6.45) is -0.664. The van der Waals surface area contributed by atoms with Crippen LogP contribution in [-0.4, -0.2) is 38.9 Å². The number of imidazole rings is 1. The fraction of sp³-hybridized carbons (Fsp3) is 0.265. The predicted octanol–water partition coefficient (Wildman–Crippen LogP) is 7.76. The number of H-pyrrole nitrogens is 1. The monoisotopic (exact) mass is 711 g/mol. The maximum Gasteiger partial charge on any atom is 0.419 e. The molecule has 0 aliphatic carbocycles. The van der Waals surface area contributed by atoms with Gasteiger partial charge in [0.15, 0.2) is 12.0 Å². The summed E-state index contributed by atoms with van der Waals surface area (Å²) >= 11 is 6.08. The number of aromatic amines is 1. The molecule has 1 atom stereocenters. The molecule has 0 saturated heterocycles. The maximum absolute atomic E-state index is 15.6. The van der Waals surface area contributed by atoms with Gasteiger partial charge in [-0.2, -0.15) is 23.0 Å². The van der Waals surface area contributed by atoms with Gasteiger partial charge in [-0.25, -0.2) is 18.9 Å². The number of benzene rings is 2. The lowest BCUT2D eigenvalue weighted by atomic mass is 9.94. The first-order chi connectivity index (χ1) is 23.9. The molecule has 1 aliphatic heterocycles. The number of alkyl halides is 3. The Bertz CT molecular complexity index is 2100. The number of amides is 2. The van der Waals surface area contributed by atoms with Gasteiger partial charge < -0.3 is 20.2 Å². The van der Waals surface area contributed by atoms with Crippen LogP contribution in [0.15, 0.2) is 61.1 Å². The zero-order chi connectivity index (χ0) is 35.7. The summed E-state index contributed by atoms with van der Waals surface area (Å²) in [5, 5.41) is 22.8. The van der Waals surface area contributed by atoms with E-state index in [9.17, 15) is 28.0 Å². The van der Waals surface area contributed by atoms with Gasteiger partial charge in [0.25, 0.3) is 0 Å². The second-order valence-corrected chi connectivity index (χ2v) is 12.0. The Morgan fingerprint density at radius 2 is 2.00 bits per heavy atom. The smallest absolute Gasteiger partial charge is 0.419 e. The lowest BCUT2D eigenvalue weighted by molar-refractivity contribution is -0.614. The third-order valence-corrected chi connectivity index (χ3v) is 8.72. The summed E-state index contributed by atoms with van der Waals surface area (Å²) in [5.41, 5.74) is 1.76. The van der Waals surface area contributed by atoms with Crippen LogP contribution in [0.2, 0.25) is 5.02 Å². The quantitative estimate of drug-likeness (QED) is 0.0967. The largest absolute Gasteiger partial charge is 0.618 e. The molecule has 0 fully saturated rings. The zero-order valence-corrected chi connectivity index (χ0v) is 27.5. The van der Waals surface area contributed by atoms with Crippen LogP contribution in [0.1, 0.15) is 61.3 Å². The molecule has 2 aromatic carbocycles. The normalized spacial score (nSPS) is 15.0. The van der Waals surface area contributed by atoms with E-state index < -0.39 is 29.6 Å². The van der Waals surface area contributed by atoms with E-state index >= 15 is 4.39 Å². The molecule has 3 N–H and O–H groups in total. The van der Waals surface area contributed by atoms with Gasteiger partial charge in [0.1, 0.15) is 11.7 Å². The topological polar surface area (TPSA) is 141 Å². The molecule has 0 spiro atoms. The minimum absolute atomic E-state index is 0.0497. The number of fused-ring (bicyclic) bond motifs is 4. The van der Waals surface area contributed by atoms with Gasteiger partial charge in [-0.1, -0.05) is 24.9 Å². The molecule has 0 saturated carbocycles. The van der Waals surface area contributed by atoms with Crippen LogP contribution in [0.25, 0.3) is 28.1 Å². The fourth-order valence-electron chi connectivity index (χ4n) is 5.96. The fourth-order valence-corrected chi connectivity index (χ4v) is 6.12. The SMILES string of the molecule is CCc1[nH]c2nc1-c1ccc(NC(=O)OC)cc1NC(=O)CCCC[C@@H]2c1ccc(-c2c(-n3cc(C(F)(F)F)cn3)ccc(Cl)c2F)c[n+]1[O-]. The number of hydrogen-bond acceptors (Lipinski definition) is 6. The van der Waals surface area contributed by atoms with Crippen molar-refractivity contribution in [1.82, 2.24) is 19.7 Å². The summed E-state index contributed by atoms with van der Waals surface area (Å²) in [6.45, 7) is 1.93. The molecular formula is C34H30ClF4N7O4. The Morgan fingerprint density at radius 1 is 1.20 bits per heavy atom. The van der Waals surface area contributed by atoms with Gasteiger partial charge in [0.05, 0.1) is 52.1 Å². The van der Waals surface area contributed by atoms with Crippen molar-refractivity contribution in [2.24, 2.45) is 0 Å². The molecule has 11 nitrogen and oxygen atoms in total. The van der Waals surface area contributed by atoms with E-state index in [0.29, 0.717) is 65.1 Å². The van der Waals surface area contributed by atoms with Crippen molar-refractivity contribution in [3.8, 4) is 28.1 Å². The number of nitrogens with zero attached hydrogens (tertiary/aromatic N) is 4. The number of methoxy groups -OCH3 is 1. The standard InChI is InChI=1S/C34H30ClF4N7O4/c1-3-24-31-21-10-9-20(41-33(48)50-2)14-25(21)42-28(47)7-5-4-6-22(32(43-24)44-31)26-12-8-18(16-46(26)49)29-27(13-11-23(35)30(29)36)45-17-19(15-40-45)34(37,38)39/h8-17,22H,3-7H2,1-2H3,(H,41,48)(H,42,47)(H,43,44)/t22-/m1/s1. The van der Waals surface area contributed by atoms with Crippen LogP contribution in [0, 0.1) is 11.0 Å². The number of hydrogen-bond donors (Lipinski definition) is 3. The third-order valence-electron chi connectivity index (χ3n) is 8.43. The average Bonchev–Trinajstić information content (AvgIpc) is 3.74. The highest BCUT2D eigenvalue weighted by Crippen LogP contribution is 2.38. The van der Waals surface area contributed by atoms with Crippen LogP contribution < -0.4 is 15.4 Å². The van der Waals surface area contributed by atoms with Crippen molar-refractivity contribution in [3.05, 3.63) is 99.9 Å². The molecule has 260 valence electrons. The van der Waals surface area contributed by atoms with Crippen LogP contribution in [0.3, 0.4) is 0 Å². The van der Waals surface area contributed by atoms with Crippen LogP contribution in [0.4, 0.5) is 33.7 Å². The third kappa shape index (κ3) is 6.85. The van der Waals surface area contributed by atoms with E-state index in [-0.39, 0.29) is 39.9 Å². The van der Waals surface area contributed by atoms with Crippen molar-refractivity contribution >= 4 is 35.0 Å². The van der Waals surface area contributed by atoms with E-state index in [1.54, 1.807) is 18.2 Å². The van der Waals surface area contributed by atoms with Crippen molar-refractivity contribution < 1.29 is 36.6 Å². The molecule has 6 rings (SSSR count). The number of carbonyl (C=O) groups excluding carboxylic acids is 2. The first-order valence-corrected chi connectivity index (χ1v) is 16.0. The van der Waals surface area contributed by atoms with Gasteiger partial charge in [-0.3, -0.25) is 10.1 Å². The Labute approximate surface area is 287 Å². The molecule has 0 unspecified atom stereocenters. The highest BCUT2D eigenvalue weighted by Gasteiger charge is 2.33. The highest BCUT2D eigenvalue weighted by molar-refractivity contribution is 6.31. The second-order valence-electron chi connectivity index (χ2n) is 11.6. The summed E-state index contributed by atoms with van der Waals surface area (Å²) in [6, 6.07) is 10.5. The average molecular weight is 712 g/mol. The molecule has 50 heavy (non-hydrogen) atoms. The Morgan fingerprint density at radius 3 is 2.70 bits per heavy atom. The van der Waals surface area contributed by atoms with Crippen molar-refractivity contribution in [3.63, 3.8) is 0 Å². The molecule has 5 aromatic rings. The predicted molar refractivity (Wildman–Crippen MR) is 176 cm³/mol. The van der Waals surface area contributed by atoms with Gasteiger partial charge >= 0.3 is 12.3 Å². The van der Waals surface area contributed by atoms with Gasteiger partial charge in [0, 0.05) is 35.6 Å². The van der Waals surface area contributed by atoms with E-state index in [2.05, 4.69) is 25.5 Å². The van der Waals surface area contributed by atoms with Crippen LogP contribution in [0.5, 0.6) is 0 Å². The molecule has 2 bridgehead atoms. The summed E-state index contributed by atoms with van der Waals surface area (Å²) in [7, 11) is 1.24. The highest BCUT2D eigenvalue weighted by atomic mass is 35.5. The van der Waals surface area contributed by atoms with Crippen molar-refractivity contribution in [1.29, 1.82) is 0 Å². The van der Waals surface area contributed by atoms with E-state index in [4.69, 9.17) is 16.6 Å². The van der Waals surface area contributed by atoms with Crippen LogP contribution in [-0.2, 0) is 22.1 Å². The van der Waals surface area contributed by atoms with E-state index in [1.807, 2.05) is 6.92 Å². The first-order valence-electron chi connectivity index (χ1n) is 15.6. The molecule has 3 aromatic heterocycles. The Hall–Kier alpha value is -5.44. The Balaban J connectivity index is 1.42. The number of anilines is 2. The number of aromatic nitrogens is 5. The number of rotatable bonds is 5. The van der Waals surface area contributed by atoms with E-state index in [0.717, 1.165) is 22.8 Å². The van der Waals surface area contributed by atoms with E-state index in [1.165, 1.54) is 31.4 Å². The molecule has 16 heteroatoms. The Kier molecular flexibility index (Phi) is 9.51. The molecule has 0 radical (unpaired) electrons. The molecule has 1 aliphatic rings. The van der Waals surface area contributed by atoms with Gasteiger partial charge in [-0.05, 0) is 55.7 Å². The lowest BCUT2D eigenvalue weighted by Crippen LogP contribution is -2.34. The van der Waals surface area contributed by atoms with Gasteiger partial charge in [-0.15, -0.1) is 0 Å². The first kappa shape index (κ1) is 34.4. The van der Waals surface area contributed by atoms with Crippen molar-refractivity contribution in [2.45, 2.75) is 51.1 Å². The maximum atomic E-state index is 15.6. The molecule has 2 amide bonds. The number of pyridine rings is 1. The minimum Gasteiger partial charge on any atom is -0.618 e. The van der Waals surface area contributed by atoms with Crippen molar-refractivity contribution in [2.75, 3.05) is 17.7 Å². The zero-order valence-electron chi connectivity index (χ0n) is 26.7. The molecular weight excluding hydrogens is 682 g/mol. The number of ether oxygens (including phenoxy) is 1. The van der Waals surface area contributed by atoms with Crippen LogP contribution >= 0.6 is 11.6 Å². The van der Waals surface area contributed by atoms with Gasteiger partial charge in [0.2, 0.25) is 11.6 Å². The number of carbonyl (C=O) groups is 2. The molecule has 4 heterocycles. The number of halogens is 5. The lowest BCUT2D eigenvalue weighted by Gasteiger charge is -2.17. The summed E-state index contributed by atoms with van der Waals surface area (Å²) in [4.78, 5) is 33.1. The number of aryl methyl sites for hydroxylation is 1. The summed E-state index contributed by atoms with van der Waals surface area (Å²) < 4.78 is 61.7. The summed E-state index contributed by atoms with van der Waals surface area (Å²) in [5.74, 6) is -1.25.